The summed E-state index contributed by atoms with van der Waals surface area (Å²) < 4.78 is 0. The second-order valence-electron chi connectivity index (χ2n) is 3.08. The highest BCUT2D eigenvalue weighted by molar-refractivity contribution is 5.95. The molecule has 8 heteroatoms. The molecule has 0 aliphatic heterocycles. The van der Waals surface area contributed by atoms with E-state index in [4.69, 9.17) is 21.4 Å². The molecule has 0 saturated carbocycles. The van der Waals surface area contributed by atoms with Gasteiger partial charge >= 0.3 is 12.1 Å². The van der Waals surface area contributed by atoms with Crippen molar-refractivity contribution in [2.75, 3.05) is 11.4 Å². The predicted octanol–water partition coefficient (Wildman–Crippen LogP) is -0.0653. The Bertz CT molecular complexity index is 457. The summed E-state index contributed by atoms with van der Waals surface area (Å²) in [4.78, 5) is 25.6. The number of hydrogen-bond acceptors (Lipinski definition) is 4. The number of nitrogens with two attached hydrogens (primary N) is 1. The average Bonchev–Trinajstić information content (AvgIpc) is 2.25. The molecule has 0 spiro atoms. The smallest absolute Gasteiger partial charge is 0.413 e. The van der Waals surface area contributed by atoms with Crippen molar-refractivity contribution in [3.8, 4) is 0 Å². The highest BCUT2D eigenvalue weighted by Crippen LogP contribution is 2.11. The molecular weight excluding hydrogens is 228 g/mol. The van der Waals surface area contributed by atoms with E-state index in [1.807, 2.05) is 0 Å². The third-order valence-corrected chi connectivity index (χ3v) is 1.86. The Hall–Kier alpha value is -2.64. The molecular formula is C9H10N4O4. The first-order valence-corrected chi connectivity index (χ1v) is 4.44. The van der Waals surface area contributed by atoms with Crippen molar-refractivity contribution in [3.05, 3.63) is 23.9 Å². The van der Waals surface area contributed by atoms with Crippen LogP contribution in [0.2, 0.25) is 0 Å². The van der Waals surface area contributed by atoms with E-state index in [0.717, 1.165) is 0 Å². The fourth-order valence-corrected chi connectivity index (χ4v) is 1.09. The third kappa shape index (κ3) is 3.16. The zero-order chi connectivity index (χ0) is 13.0. The van der Waals surface area contributed by atoms with Gasteiger partial charge in [-0.3, -0.25) is 15.1 Å². The number of carboxylic acids is 1. The largest absolute Gasteiger partial charge is 0.480 e. The SMILES string of the molecule is N=C(N)c1ccc(N(CC(=O)O)C(=O)O)nc1. The molecule has 1 aromatic heterocycles. The number of rotatable bonds is 4. The van der Waals surface area contributed by atoms with E-state index in [1.165, 1.54) is 18.3 Å². The summed E-state index contributed by atoms with van der Waals surface area (Å²) in [6.07, 6.45) is -0.217. The van der Waals surface area contributed by atoms with Crippen LogP contribution < -0.4 is 10.6 Å². The standard InChI is InChI=1S/C9H10N4O4/c10-8(11)5-1-2-6(12-3-5)13(9(16)17)4-7(14)15/h1-3H,4H2,(H3,10,11)(H,14,15)(H,16,17). The summed E-state index contributed by atoms with van der Waals surface area (Å²) >= 11 is 0. The number of amides is 1. The molecule has 17 heavy (non-hydrogen) atoms. The average molecular weight is 238 g/mol. The van der Waals surface area contributed by atoms with Gasteiger partial charge in [-0.15, -0.1) is 0 Å². The van der Waals surface area contributed by atoms with Gasteiger partial charge in [-0.05, 0) is 12.1 Å². The van der Waals surface area contributed by atoms with Crippen molar-refractivity contribution in [1.82, 2.24) is 4.98 Å². The van der Waals surface area contributed by atoms with Crippen molar-refractivity contribution in [3.63, 3.8) is 0 Å². The number of nitrogens with zero attached hydrogens (tertiary/aromatic N) is 2. The van der Waals surface area contributed by atoms with Gasteiger partial charge in [0.2, 0.25) is 0 Å². The maximum absolute atomic E-state index is 10.8. The van der Waals surface area contributed by atoms with Crippen LogP contribution >= 0.6 is 0 Å². The Kier molecular flexibility index (Phi) is 3.60. The lowest BCUT2D eigenvalue weighted by atomic mass is 10.2. The molecule has 0 atom stereocenters. The third-order valence-electron chi connectivity index (χ3n) is 1.86. The number of carboxylic acid groups (broad SMARTS) is 2. The minimum Gasteiger partial charge on any atom is -0.480 e. The second-order valence-corrected chi connectivity index (χ2v) is 3.08. The Labute approximate surface area is 95.8 Å². The van der Waals surface area contributed by atoms with Crippen molar-refractivity contribution in [1.29, 1.82) is 5.41 Å². The number of aliphatic carboxylic acids is 1. The Balaban J connectivity index is 2.99. The number of carbonyl (C=O) groups is 2. The lowest BCUT2D eigenvalue weighted by Gasteiger charge is -2.15. The number of nitrogens with one attached hydrogen (secondary N) is 1. The van der Waals surface area contributed by atoms with Crippen LogP contribution in [0.25, 0.3) is 0 Å². The minimum atomic E-state index is -1.42. The summed E-state index contributed by atoms with van der Waals surface area (Å²) in [6.45, 7) is -0.707. The summed E-state index contributed by atoms with van der Waals surface area (Å²) in [6, 6.07) is 2.68. The summed E-state index contributed by atoms with van der Waals surface area (Å²) in [5.74, 6) is -1.53. The number of hydrogen-bond donors (Lipinski definition) is 4. The zero-order valence-corrected chi connectivity index (χ0v) is 8.62. The molecule has 0 aromatic carbocycles. The van der Waals surface area contributed by atoms with Gasteiger partial charge in [0.15, 0.2) is 0 Å². The summed E-state index contributed by atoms with van der Waals surface area (Å²) in [5.41, 5.74) is 5.53. The predicted molar refractivity (Wildman–Crippen MR) is 58.3 cm³/mol. The number of nitrogen functional groups attached to an aromatic ring is 1. The van der Waals surface area contributed by atoms with Gasteiger partial charge in [-0.1, -0.05) is 0 Å². The normalized spacial score (nSPS) is 9.65. The first-order chi connectivity index (χ1) is 7.91. The summed E-state index contributed by atoms with van der Waals surface area (Å²) in [7, 11) is 0. The van der Waals surface area contributed by atoms with Crippen LogP contribution in [0.15, 0.2) is 18.3 Å². The first-order valence-electron chi connectivity index (χ1n) is 4.44. The fourth-order valence-electron chi connectivity index (χ4n) is 1.09. The lowest BCUT2D eigenvalue weighted by molar-refractivity contribution is -0.135. The molecule has 1 amide bonds. The molecule has 0 saturated heterocycles. The molecule has 5 N–H and O–H groups in total. The molecule has 0 aliphatic carbocycles. The molecule has 0 bridgehead atoms. The topological polar surface area (TPSA) is 141 Å². The van der Waals surface area contributed by atoms with E-state index in [1.54, 1.807) is 0 Å². The van der Waals surface area contributed by atoms with Crippen LogP contribution in [0.5, 0.6) is 0 Å². The van der Waals surface area contributed by atoms with E-state index < -0.39 is 18.6 Å². The van der Waals surface area contributed by atoms with E-state index in [0.29, 0.717) is 10.5 Å². The van der Waals surface area contributed by atoms with Crippen LogP contribution in [0.1, 0.15) is 5.56 Å². The van der Waals surface area contributed by atoms with E-state index in [9.17, 15) is 9.59 Å². The summed E-state index contributed by atoms with van der Waals surface area (Å²) in [5, 5.41) is 24.5. The van der Waals surface area contributed by atoms with Crippen molar-refractivity contribution in [2.45, 2.75) is 0 Å². The Morgan fingerprint density at radius 3 is 2.41 bits per heavy atom. The van der Waals surface area contributed by atoms with Crippen LogP contribution in [-0.2, 0) is 4.79 Å². The fraction of sp³-hybridized carbons (Fsp3) is 0.111. The molecule has 90 valence electrons. The van der Waals surface area contributed by atoms with E-state index in [-0.39, 0.29) is 11.7 Å². The van der Waals surface area contributed by atoms with Gasteiger partial charge in [0.1, 0.15) is 18.2 Å². The Morgan fingerprint density at radius 1 is 1.41 bits per heavy atom. The number of amidine groups is 1. The van der Waals surface area contributed by atoms with Gasteiger partial charge in [-0.2, -0.15) is 0 Å². The molecule has 1 aromatic rings. The van der Waals surface area contributed by atoms with Crippen LogP contribution in [0, 0.1) is 5.41 Å². The van der Waals surface area contributed by atoms with Crippen LogP contribution in [0.4, 0.5) is 10.6 Å². The first kappa shape index (κ1) is 12.4. The molecule has 1 rings (SSSR count). The minimum absolute atomic E-state index is 0.0371. The molecule has 8 nitrogen and oxygen atoms in total. The number of anilines is 1. The van der Waals surface area contributed by atoms with Crippen molar-refractivity contribution >= 4 is 23.7 Å². The van der Waals surface area contributed by atoms with E-state index in [2.05, 4.69) is 4.98 Å². The van der Waals surface area contributed by atoms with Gasteiger partial charge < -0.3 is 15.9 Å². The maximum Gasteiger partial charge on any atom is 0.413 e. The van der Waals surface area contributed by atoms with Gasteiger partial charge in [0, 0.05) is 11.8 Å². The maximum atomic E-state index is 10.8. The Morgan fingerprint density at radius 2 is 2.06 bits per heavy atom. The second kappa shape index (κ2) is 4.92. The van der Waals surface area contributed by atoms with Crippen LogP contribution in [0.3, 0.4) is 0 Å². The number of pyridine rings is 1. The zero-order valence-electron chi connectivity index (χ0n) is 8.62. The van der Waals surface area contributed by atoms with Crippen LogP contribution in [-0.4, -0.2) is 39.6 Å². The number of aromatic nitrogens is 1. The highest BCUT2D eigenvalue weighted by Gasteiger charge is 2.18. The highest BCUT2D eigenvalue weighted by atomic mass is 16.4. The quantitative estimate of drug-likeness (QED) is 0.427. The molecule has 0 radical (unpaired) electrons. The molecule has 0 unspecified atom stereocenters. The monoisotopic (exact) mass is 238 g/mol. The molecule has 1 heterocycles. The van der Waals surface area contributed by atoms with E-state index >= 15 is 0 Å². The van der Waals surface area contributed by atoms with Gasteiger partial charge in [0.25, 0.3) is 0 Å². The van der Waals surface area contributed by atoms with Crippen molar-refractivity contribution < 1.29 is 19.8 Å². The molecule has 0 aliphatic rings. The van der Waals surface area contributed by atoms with Gasteiger partial charge in [0.05, 0.1) is 0 Å². The lowest BCUT2D eigenvalue weighted by Crippen LogP contribution is -2.35. The molecule has 0 fully saturated rings. The van der Waals surface area contributed by atoms with Gasteiger partial charge in [-0.25, -0.2) is 9.78 Å². The van der Waals surface area contributed by atoms with Crippen molar-refractivity contribution in [2.24, 2.45) is 5.73 Å².